The first-order valence-electron chi connectivity index (χ1n) is 9.72. The maximum atomic E-state index is 12.8. The van der Waals surface area contributed by atoms with E-state index in [0.717, 1.165) is 4.90 Å². The molecule has 0 aliphatic carbocycles. The van der Waals surface area contributed by atoms with Gasteiger partial charge in [0.05, 0.1) is 13.2 Å². The van der Waals surface area contributed by atoms with Crippen LogP contribution in [0.4, 0.5) is 4.79 Å². The first-order valence-corrected chi connectivity index (χ1v) is 10.8. The lowest BCUT2D eigenvalue weighted by atomic mass is 10.2. The van der Waals surface area contributed by atoms with E-state index in [1.54, 1.807) is 20.8 Å². The van der Waals surface area contributed by atoms with Gasteiger partial charge in [0.15, 0.2) is 0 Å². The Morgan fingerprint density at radius 1 is 0.700 bits per heavy atom. The van der Waals surface area contributed by atoms with Crippen molar-refractivity contribution in [3.63, 3.8) is 0 Å². The second kappa shape index (κ2) is 14.3. The van der Waals surface area contributed by atoms with Crippen LogP contribution in [-0.4, -0.2) is 103 Å². The molecule has 0 saturated carbocycles. The lowest BCUT2D eigenvalue weighted by Crippen LogP contribution is -2.55. The number of alkyl halides is 2. The van der Waals surface area contributed by atoms with Crippen LogP contribution < -0.4 is 0 Å². The molecule has 9 nitrogen and oxygen atoms in total. The number of carbonyl (C=O) groups excluding carboxylic acids is 4. The van der Waals surface area contributed by atoms with Crippen molar-refractivity contribution in [2.24, 2.45) is 0 Å². The van der Waals surface area contributed by atoms with E-state index in [2.05, 4.69) is 0 Å². The molecule has 0 fully saturated rings. The van der Waals surface area contributed by atoms with Gasteiger partial charge in [-0.3, -0.25) is 14.5 Å². The zero-order valence-corrected chi connectivity index (χ0v) is 20.0. The molecule has 3 unspecified atom stereocenters. The molecule has 0 bridgehead atoms. The number of amides is 3. The van der Waals surface area contributed by atoms with Crippen molar-refractivity contribution >= 4 is 47.1 Å². The third-order valence-corrected chi connectivity index (χ3v) is 5.34. The lowest BCUT2D eigenvalue weighted by Gasteiger charge is -2.33. The van der Waals surface area contributed by atoms with Gasteiger partial charge in [0.2, 0.25) is 11.8 Å². The summed E-state index contributed by atoms with van der Waals surface area (Å²) in [7, 11) is 4.37. The van der Waals surface area contributed by atoms with E-state index in [1.807, 2.05) is 0 Å². The van der Waals surface area contributed by atoms with Gasteiger partial charge >= 0.3 is 12.1 Å². The fourth-order valence-electron chi connectivity index (χ4n) is 2.28. The molecule has 0 heterocycles. The highest BCUT2D eigenvalue weighted by atomic mass is 35.5. The molecule has 3 amide bonds. The fourth-order valence-corrected chi connectivity index (χ4v) is 2.50. The minimum absolute atomic E-state index is 0.155. The number of rotatable bonds is 12. The molecule has 0 aromatic rings. The Labute approximate surface area is 188 Å². The number of esters is 1. The van der Waals surface area contributed by atoms with Crippen LogP contribution in [0.3, 0.4) is 0 Å². The van der Waals surface area contributed by atoms with Gasteiger partial charge in [-0.2, -0.15) is 0 Å². The Bertz CT molecular complexity index is 543. The van der Waals surface area contributed by atoms with Crippen LogP contribution in [0.2, 0.25) is 0 Å². The molecule has 0 aliphatic rings. The first-order chi connectivity index (χ1) is 14.0. The van der Waals surface area contributed by atoms with E-state index in [1.165, 1.54) is 30.9 Å². The molecule has 0 aliphatic heterocycles. The summed E-state index contributed by atoms with van der Waals surface area (Å²) >= 11 is 11.1. The number of ether oxygens (including phenoxy) is 2. The van der Waals surface area contributed by atoms with Crippen molar-refractivity contribution in [3.8, 4) is 0 Å². The minimum atomic E-state index is -0.858. The summed E-state index contributed by atoms with van der Waals surface area (Å²) in [4.78, 5) is 53.2. The third kappa shape index (κ3) is 8.55. The van der Waals surface area contributed by atoms with Crippen molar-refractivity contribution in [2.75, 3.05) is 46.1 Å². The molecule has 0 spiro atoms. The Morgan fingerprint density at radius 3 is 1.57 bits per heavy atom. The van der Waals surface area contributed by atoms with Crippen LogP contribution in [0, 0.1) is 0 Å². The van der Waals surface area contributed by atoms with E-state index in [-0.39, 0.29) is 13.2 Å². The largest absolute Gasteiger partial charge is 0.464 e. The van der Waals surface area contributed by atoms with Crippen molar-refractivity contribution in [2.45, 2.75) is 51.7 Å². The molecule has 0 aromatic heterocycles. The molecular weight excluding hydrogens is 437 g/mol. The topological polar surface area (TPSA) is 96.5 Å². The molecule has 174 valence electrons. The highest BCUT2D eigenvalue weighted by molar-refractivity contribution is 6.18. The maximum absolute atomic E-state index is 12.8. The summed E-state index contributed by atoms with van der Waals surface area (Å²) in [6, 6.07) is -2.53. The molecule has 30 heavy (non-hydrogen) atoms. The van der Waals surface area contributed by atoms with Crippen molar-refractivity contribution in [1.82, 2.24) is 14.7 Å². The highest BCUT2D eigenvalue weighted by Gasteiger charge is 2.34. The van der Waals surface area contributed by atoms with Gasteiger partial charge in [-0.1, -0.05) is 0 Å². The zero-order chi connectivity index (χ0) is 23.4. The Balaban J connectivity index is 4.92. The monoisotopic (exact) mass is 469 g/mol. The molecular formula is C19H33Cl2N3O6. The van der Waals surface area contributed by atoms with E-state index < -0.39 is 42.0 Å². The maximum Gasteiger partial charge on any atom is 0.410 e. The minimum Gasteiger partial charge on any atom is -0.464 e. The number of likely N-dealkylation sites (N-methyl/N-ethyl adjacent to an activating group) is 3. The quantitative estimate of drug-likeness (QED) is 0.246. The van der Waals surface area contributed by atoms with E-state index in [0.29, 0.717) is 24.6 Å². The number of nitrogens with zero attached hydrogens (tertiary/aromatic N) is 3. The predicted octanol–water partition coefficient (Wildman–Crippen LogP) is 1.94. The summed E-state index contributed by atoms with van der Waals surface area (Å²) in [5, 5.41) is 0. The highest BCUT2D eigenvalue weighted by Crippen LogP contribution is 2.10. The summed E-state index contributed by atoms with van der Waals surface area (Å²) in [6.45, 7) is 4.96. The molecule has 0 aromatic carbocycles. The van der Waals surface area contributed by atoms with E-state index in [9.17, 15) is 19.2 Å². The SMILES string of the molecule is CC(C(=O)N(C)C(C)C(=O)N(C)C(C)C(=O)OCCCCl)N(C)C(=O)OCCCCl. The molecule has 0 radical (unpaired) electrons. The van der Waals surface area contributed by atoms with Crippen LogP contribution >= 0.6 is 23.2 Å². The second-order valence-corrected chi connectivity index (χ2v) is 7.66. The fraction of sp³-hybridized carbons (Fsp3) is 0.789. The van der Waals surface area contributed by atoms with Gasteiger partial charge in [0.25, 0.3) is 0 Å². The normalized spacial score (nSPS) is 13.6. The molecule has 0 N–H and O–H groups in total. The van der Waals surface area contributed by atoms with Crippen molar-refractivity contribution in [1.29, 1.82) is 0 Å². The van der Waals surface area contributed by atoms with Gasteiger partial charge in [-0.25, -0.2) is 9.59 Å². The van der Waals surface area contributed by atoms with Gasteiger partial charge < -0.3 is 19.3 Å². The summed E-state index contributed by atoms with van der Waals surface area (Å²) in [6.07, 6.45) is 0.373. The summed E-state index contributed by atoms with van der Waals surface area (Å²) in [5.41, 5.74) is 0. The Morgan fingerprint density at radius 2 is 1.10 bits per heavy atom. The van der Waals surface area contributed by atoms with Crippen LogP contribution in [0.5, 0.6) is 0 Å². The average Bonchev–Trinajstić information content (AvgIpc) is 2.74. The zero-order valence-electron chi connectivity index (χ0n) is 18.5. The first kappa shape index (κ1) is 28.3. The van der Waals surface area contributed by atoms with E-state index >= 15 is 0 Å². The van der Waals surface area contributed by atoms with Crippen molar-refractivity contribution < 1.29 is 28.7 Å². The molecule has 3 atom stereocenters. The average molecular weight is 470 g/mol. The molecule has 11 heteroatoms. The van der Waals surface area contributed by atoms with Crippen LogP contribution in [-0.2, 0) is 23.9 Å². The Kier molecular flexibility index (Phi) is 13.5. The standard InChI is InChI=1S/C19H33Cl2N3O6/c1-13(16(25)23(5)15(3)18(27)29-11-7-9-20)22(4)17(26)14(2)24(6)19(28)30-12-8-10-21/h13-15H,7-12H2,1-6H3. The van der Waals surface area contributed by atoms with Gasteiger partial charge in [0, 0.05) is 32.9 Å². The molecule has 0 saturated heterocycles. The lowest BCUT2D eigenvalue weighted by molar-refractivity contribution is -0.156. The smallest absolute Gasteiger partial charge is 0.410 e. The van der Waals surface area contributed by atoms with Gasteiger partial charge in [0.1, 0.15) is 18.1 Å². The third-order valence-electron chi connectivity index (χ3n) is 4.81. The number of carbonyl (C=O) groups is 4. The van der Waals surface area contributed by atoms with Crippen LogP contribution in [0.1, 0.15) is 33.6 Å². The number of hydrogen-bond acceptors (Lipinski definition) is 6. The predicted molar refractivity (Wildman–Crippen MR) is 115 cm³/mol. The number of hydrogen-bond donors (Lipinski definition) is 0. The van der Waals surface area contributed by atoms with Crippen LogP contribution in [0.15, 0.2) is 0 Å². The number of halogens is 2. The Hall–Kier alpha value is -1.74. The van der Waals surface area contributed by atoms with Crippen molar-refractivity contribution in [3.05, 3.63) is 0 Å². The summed E-state index contributed by atoms with van der Waals surface area (Å²) in [5.74, 6) is -0.705. The van der Waals surface area contributed by atoms with E-state index in [4.69, 9.17) is 32.7 Å². The summed E-state index contributed by atoms with van der Waals surface area (Å²) < 4.78 is 10.1. The van der Waals surface area contributed by atoms with Gasteiger partial charge in [-0.05, 0) is 33.6 Å². The van der Waals surface area contributed by atoms with Crippen LogP contribution in [0.25, 0.3) is 0 Å². The second-order valence-electron chi connectivity index (χ2n) is 6.90. The van der Waals surface area contributed by atoms with Gasteiger partial charge in [-0.15, -0.1) is 23.2 Å². The molecule has 0 rings (SSSR count).